The normalized spacial score (nSPS) is 21.9. The van der Waals surface area contributed by atoms with E-state index in [1.165, 1.54) is 6.92 Å². The molecule has 0 saturated carbocycles. The third-order valence-electron chi connectivity index (χ3n) is 8.01. The number of ketones is 1. The number of nitrogens with zero attached hydrogens (tertiary/aromatic N) is 4. The Balaban J connectivity index is 1.31. The van der Waals surface area contributed by atoms with E-state index in [-0.39, 0.29) is 42.4 Å². The molecule has 1 aliphatic carbocycles. The topological polar surface area (TPSA) is 139 Å². The van der Waals surface area contributed by atoms with Crippen molar-refractivity contribution in [2.24, 2.45) is 11.8 Å². The number of aromatic nitrogens is 4. The maximum Gasteiger partial charge on any atom is 0.243 e. The Morgan fingerprint density at radius 2 is 2.05 bits per heavy atom. The van der Waals surface area contributed by atoms with Gasteiger partial charge in [-0.2, -0.15) is 0 Å². The number of fused-ring (bicyclic) bond motifs is 1. The molecule has 5 rings (SSSR count). The van der Waals surface area contributed by atoms with Gasteiger partial charge in [-0.15, -0.1) is 0 Å². The van der Waals surface area contributed by atoms with E-state index in [1.807, 2.05) is 43.1 Å². The van der Waals surface area contributed by atoms with Gasteiger partial charge in [-0.1, -0.05) is 20.3 Å². The average Bonchev–Trinajstić information content (AvgIpc) is 3.48. The van der Waals surface area contributed by atoms with Crippen LogP contribution in [0, 0.1) is 11.8 Å². The van der Waals surface area contributed by atoms with Gasteiger partial charge >= 0.3 is 0 Å². The number of amides is 3. The van der Waals surface area contributed by atoms with E-state index >= 15 is 0 Å². The Bertz CT molecular complexity index is 1380. The molecule has 11 nitrogen and oxygen atoms in total. The van der Waals surface area contributed by atoms with E-state index in [0.717, 1.165) is 24.1 Å². The van der Waals surface area contributed by atoms with Crippen LogP contribution in [0.4, 0.5) is 0 Å². The first kappa shape index (κ1) is 26.6. The van der Waals surface area contributed by atoms with Gasteiger partial charge in [0.25, 0.3) is 0 Å². The van der Waals surface area contributed by atoms with Crippen LogP contribution in [-0.4, -0.2) is 54.5 Å². The zero-order valence-electron chi connectivity index (χ0n) is 22.5. The van der Waals surface area contributed by atoms with Crippen LogP contribution >= 0.6 is 0 Å². The van der Waals surface area contributed by atoms with E-state index in [4.69, 9.17) is 0 Å². The fourth-order valence-electron chi connectivity index (χ4n) is 5.81. The van der Waals surface area contributed by atoms with Crippen LogP contribution in [0.2, 0.25) is 0 Å². The maximum absolute atomic E-state index is 13.7. The van der Waals surface area contributed by atoms with Crippen LogP contribution in [-0.2, 0) is 38.7 Å². The molecule has 2 aliphatic rings. The highest BCUT2D eigenvalue weighted by Gasteiger charge is 2.43. The number of Topliss-reactive ketones (excluding diaryl/α,β-unsaturated/α-hetero) is 1. The minimum Gasteiger partial charge on any atom is -0.350 e. The number of imidazole rings is 1. The van der Waals surface area contributed by atoms with Crippen LogP contribution < -0.4 is 16.0 Å². The Kier molecular flexibility index (Phi) is 7.49. The standard InChI is InChI=1S/C28H35N7O4/c1-4-16(2)24(31-17(3)36)27(39)33-21-7-6-18-8-11-34-14-19(12-22(37)23(21)25(18)34)26(38)30-13-20-15-35-10-5-9-29-28(35)32-20/h5,8-11,15-16,19,21,23-24H,4,6-7,12-14H2,1-3H3,(H,30,38)(H,31,36)(H,33,39)/t16-,19-,21-,23?,24-/m0/s1. The van der Waals surface area contributed by atoms with Crippen molar-refractivity contribution in [2.45, 2.75) is 77.5 Å². The fourth-order valence-corrected chi connectivity index (χ4v) is 5.81. The molecule has 1 aliphatic heterocycles. The largest absolute Gasteiger partial charge is 0.350 e. The van der Waals surface area contributed by atoms with Gasteiger partial charge in [-0.05, 0) is 36.5 Å². The Morgan fingerprint density at radius 1 is 1.23 bits per heavy atom. The lowest BCUT2D eigenvalue weighted by Crippen LogP contribution is -2.54. The molecule has 39 heavy (non-hydrogen) atoms. The summed E-state index contributed by atoms with van der Waals surface area (Å²) in [7, 11) is 0. The summed E-state index contributed by atoms with van der Waals surface area (Å²) in [5.74, 6) is -1.40. The quantitative estimate of drug-likeness (QED) is 0.401. The lowest BCUT2D eigenvalue weighted by atomic mass is 9.79. The van der Waals surface area contributed by atoms with Gasteiger partial charge in [0.2, 0.25) is 23.5 Å². The highest BCUT2D eigenvalue weighted by molar-refractivity contribution is 5.93. The van der Waals surface area contributed by atoms with Crippen molar-refractivity contribution in [3.63, 3.8) is 0 Å². The molecule has 0 spiro atoms. The maximum atomic E-state index is 13.7. The number of hydrogen-bond donors (Lipinski definition) is 3. The highest BCUT2D eigenvalue weighted by Crippen LogP contribution is 2.38. The van der Waals surface area contributed by atoms with E-state index in [2.05, 4.69) is 25.9 Å². The summed E-state index contributed by atoms with van der Waals surface area (Å²) in [6.07, 6.45) is 9.40. The smallest absolute Gasteiger partial charge is 0.243 e. The molecular weight excluding hydrogens is 498 g/mol. The zero-order valence-corrected chi connectivity index (χ0v) is 22.5. The number of hydrogen-bond acceptors (Lipinski definition) is 6. The molecular formula is C28H35N7O4. The second-order valence-electron chi connectivity index (χ2n) is 10.7. The number of carbonyl (C=O) groups excluding carboxylic acids is 4. The third-order valence-corrected chi connectivity index (χ3v) is 8.01. The molecule has 3 N–H and O–H groups in total. The molecule has 0 fully saturated rings. The van der Waals surface area contributed by atoms with Crippen molar-refractivity contribution in [1.29, 1.82) is 0 Å². The van der Waals surface area contributed by atoms with Gasteiger partial charge in [0.05, 0.1) is 24.1 Å². The third kappa shape index (κ3) is 5.43. The van der Waals surface area contributed by atoms with Gasteiger partial charge in [0.15, 0.2) is 0 Å². The van der Waals surface area contributed by atoms with Crippen molar-refractivity contribution in [3.05, 3.63) is 53.9 Å². The van der Waals surface area contributed by atoms with Crippen LogP contribution in [0.5, 0.6) is 0 Å². The summed E-state index contributed by atoms with van der Waals surface area (Å²) in [6.45, 7) is 5.91. The van der Waals surface area contributed by atoms with Gasteiger partial charge < -0.3 is 20.5 Å². The lowest BCUT2D eigenvalue weighted by Gasteiger charge is -2.34. The van der Waals surface area contributed by atoms with E-state index in [9.17, 15) is 19.2 Å². The highest BCUT2D eigenvalue weighted by atomic mass is 16.2. The summed E-state index contributed by atoms with van der Waals surface area (Å²) in [5, 5.41) is 8.80. The summed E-state index contributed by atoms with van der Waals surface area (Å²) in [4.78, 5) is 60.6. The minimum absolute atomic E-state index is 0.0569. The van der Waals surface area contributed by atoms with E-state index in [1.54, 1.807) is 16.7 Å². The molecule has 11 heteroatoms. The molecule has 4 heterocycles. The number of carbonyl (C=O) groups is 4. The SMILES string of the molecule is CC[C@H](C)[C@H](NC(C)=O)C(=O)N[C@H]1CCc2ccn3c2C1C(=O)C[C@H](C(=O)NCc1cn2cccnc2n1)C3. The lowest BCUT2D eigenvalue weighted by molar-refractivity contribution is -0.132. The van der Waals surface area contributed by atoms with Crippen molar-refractivity contribution < 1.29 is 19.2 Å². The molecule has 3 aromatic rings. The number of rotatable bonds is 8. The number of nitrogens with one attached hydrogen (secondary N) is 3. The molecule has 3 aromatic heterocycles. The molecule has 0 aromatic carbocycles. The van der Waals surface area contributed by atoms with E-state index < -0.39 is 23.9 Å². The summed E-state index contributed by atoms with van der Waals surface area (Å²) < 4.78 is 3.79. The average molecular weight is 534 g/mol. The van der Waals surface area contributed by atoms with Crippen molar-refractivity contribution in [1.82, 2.24) is 34.9 Å². The molecule has 1 unspecified atom stereocenters. The van der Waals surface area contributed by atoms with Crippen molar-refractivity contribution >= 4 is 29.3 Å². The van der Waals surface area contributed by atoms with Gasteiger partial charge in [-0.3, -0.25) is 23.6 Å². The van der Waals surface area contributed by atoms with Gasteiger partial charge in [-0.25, -0.2) is 9.97 Å². The summed E-state index contributed by atoms with van der Waals surface area (Å²) in [5.41, 5.74) is 2.65. The number of aryl methyl sites for hydroxylation is 1. The Morgan fingerprint density at radius 3 is 2.79 bits per heavy atom. The summed E-state index contributed by atoms with van der Waals surface area (Å²) in [6, 6.07) is 2.74. The van der Waals surface area contributed by atoms with Crippen LogP contribution in [0.25, 0.3) is 5.78 Å². The predicted octanol–water partition coefficient (Wildman–Crippen LogP) is 1.50. The van der Waals surface area contributed by atoms with Crippen LogP contribution in [0.3, 0.4) is 0 Å². The van der Waals surface area contributed by atoms with Gasteiger partial charge in [0, 0.05) is 56.4 Å². The first-order valence-corrected chi connectivity index (χ1v) is 13.6. The zero-order chi connectivity index (χ0) is 27.7. The Hall–Kier alpha value is -4.02. The Labute approximate surface area is 226 Å². The monoisotopic (exact) mass is 533 g/mol. The molecule has 0 saturated heterocycles. The van der Waals surface area contributed by atoms with Crippen LogP contribution in [0.1, 0.15) is 62.9 Å². The summed E-state index contributed by atoms with van der Waals surface area (Å²) >= 11 is 0. The van der Waals surface area contributed by atoms with E-state index in [0.29, 0.717) is 24.4 Å². The van der Waals surface area contributed by atoms with Gasteiger partial charge in [0.1, 0.15) is 11.8 Å². The van der Waals surface area contributed by atoms with Crippen molar-refractivity contribution in [2.75, 3.05) is 0 Å². The predicted molar refractivity (Wildman–Crippen MR) is 142 cm³/mol. The molecule has 5 atom stereocenters. The molecule has 0 radical (unpaired) electrons. The minimum atomic E-state index is -0.671. The second-order valence-corrected chi connectivity index (χ2v) is 10.7. The first-order valence-electron chi connectivity index (χ1n) is 13.6. The first-order chi connectivity index (χ1) is 18.7. The second kappa shape index (κ2) is 11.0. The molecule has 3 amide bonds. The van der Waals surface area contributed by atoms with Crippen LogP contribution in [0.15, 0.2) is 36.9 Å². The molecule has 0 bridgehead atoms. The fraction of sp³-hybridized carbons (Fsp3) is 0.500. The molecule has 206 valence electrons. The van der Waals surface area contributed by atoms with Crippen molar-refractivity contribution in [3.8, 4) is 0 Å².